The molecule has 9 rings (SSSR count). The maximum absolute atomic E-state index is 16.6. The second-order valence-electron chi connectivity index (χ2n) is 17.4. The molecule has 1 aliphatic carbocycles. The van der Waals surface area contributed by atoms with E-state index in [-0.39, 0.29) is 26.7 Å². The van der Waals surface area contributed by atoms with Crippen LogP contribution < -0.4 is 14.2 Å². The molecule has 0 aliphatic heterocycles. The number of carbonyl (C=O) groups is 1. The molecular formula is C55H26F20O5S. The summed E-state index contributed by atoms with van der Waals surface area (Å²) in [5, 5.41) is 0. The van der Waals surface area contributed by atoms with E-state index in [9.17, 15) is 35.1 Å². The van der Waals surface area contributed by atoms with Crippen LogP contribution in [0.5, 0.6) is 34.5 Å². The SMILES string of the molecule is O=C(OS(c1ccccc1)(c1ccccc1)c1ccc(C2CCCCC2)cc1)c1cc(Oc2c(F)c(F)c(F)c(F)c2F)c(Oc2c(F)c(F)c(F)c(F)c2F)c(Oc2c(F)c(F)c(F)c(F)c2F)c1-c1c(F)c(F)c(F)c(F)c1F. The summed E-state index contributed by atoms with van der Waals surface area (Å²) in [4.78, 5) is 15.6. The van der Waals surface area contributed by atoms with Gasteiger partial charge in [-0.25, -0.2) is 66.3 Å². The number of ether oxygens (including phenoxy) is 3. The predicted molar refractivity (Wildman–Crippen MR) is 244 cm³/mol. The van der Waals surface area contributed by atoms with E-state index in [0.29, 0.717) is 0 Å². The van der Waals surface area contributed by atoms with Crippen molar-refractivity contribution in [3.63, 3.8) is 0 Å². The molecule has 0 spiro atoms. The van der Waals surface area contributed by atoms with Crippen LogP contribution in [0.4, 0.5) is 87.8 Å². The van der Waals surface area contributed by atoms with E-state index in [4.69, 9.17) is 18.4 Å². The van der Waals surface area contributed by atoms with Gasteiger partial charge in [0.1, 0.15) is 0 Å². The van der Waals surface area contributed by atoms with Gasteiger partial charge in [0.25, 0.3) is 0 Å². The van der Waals surface area contributed by atoms with Crippen LogP contribution in [0.25, 0.3) is 11.1 Å². The molecule has 1 saturated carbocycles. The maximum atomic E-state index is 16.6. The molecule has 1 fully saturated rings. The van der Waals surface area contributed by atoms with Gasteiger partial charge in [-0.3, -0.25) is 0 Å². The first kappa shape index (κ1) is 57.3. The molecule has 81 heavy (non-hydrogen) atoms. The third-order valence-corrected chi connectivity index (χ3v) is 15.9. The highest BCUT2D eigenvalue weighted by atomic mass is 32.3. The Balaban J connectivity index is 1.47. The number of hydrogen-bond donors (Lipinski definition) is 0. The number of rotatable bonds is 13. The van der Waals surface area contributed by atoms with Crippen LogP contribution >= 0.6 is 10.3 Å². The number of benzene rings is 8. The van der Waals surface area contributed by atoms with Crippen LogP contribution in [0, 0.1) is 116 Å². The summed E-state index contributed by atoms with van der Waals surface area (Å²) in [6.45, 7) is 0. The van der Waals surface area contributed by atoms with Gasteiger partial charge in [0, 0.05) is 26.3 Å². The predicted octanol–water partition coefficient (Wildman–Crippen LogP) is 18.6. The van der Waals surface area contributed by atoms with Gasteiger partial charge in [-0.2, -0.15) is 26.3 Å². The Labute approximate surface area is 443 Å². The minimum absolute atomic E-state index is 0.00469. The van der Waals surface area contributed by atoms with Crippen molar-refractivity contribution in [2.75, 3.05) is 0 Å². The fourth-order valence-electron chi connectivity index (χ4n) is 8.76. The summed E-state index contributed by atoms with van der Waals surface area (Å²) < 4.78 is 328. The summed E-state index contributed by atoms with van der Waals surface area (Å²) in [7, 11) is -3.95. The van der Waals surface area contributed by atoms with E-state index in [1.165, 1.54) is 72.8 Å². The molecule has 0 aromatic heterocycles. The second-order valence-corrected chi connectivity index (χ2v) is 20.1. The van der Waals surface area contributed by atoms with Crippen molar-refractivity contribution in [3.05, 3.63) is 218 Å². The number of carbonyl (C=O) groups excluding carboxylic acids is 1. The standard InChI is InChI=1S/C55H26F20O5S/c56-30-29(31(57)33(59)34(60)32(30)58)28-26(55(76)80-81(23-12-6-2-7-13-23,24-14-8-3-9-15-24)25-18-16-22(17-19-25)21-10-4-1-5-11-21)20-27(77-52-44(70)38(64)35(61)39(65)45(52)71)50(78-53-46(72)40(66)36(62)41(67)47(53)73)51(28)79-54-48(74)42(68)37(63)43(69)49(54)75/h2-3,6-9,12-21H,1,4-5,10-11H2. The smallest absolute Gasteiger partial charge is 0.350 e. The highest BCUT2D eigenvalue weighted by Gasteiger charge is 2.43. The maximum Gasteiger partial charge on any atom is 0.350 e. The van der Waals surface area contributed by atoms with Crippen LogP contribution in [0.2, 0.25) is 0 Å². The molecule has 422 valence electrons. The molecular weight excluding hydrogens is 1150 g/mol. The van der Waals surface area contributed by atoms with Gasteiger partial charge in [0.05, 0.1) is 11.1 Å². The highest BCUT2D eigenvalue weighted by Crippen LogP contribution is 2.70. The number of hydrogen-bond acceptors (Lipinski definition) is 5. The second kappa shape index (κ2) is 22.3. The molecule has 0 unspecified atom stereocenters. The fraction of sp³-hybridized carbons (Fsp3) is 0.109. The first-order valence-electron chi connectivity index (χ1n) is 23.0. The minimum atomic E-state index is -3.95. The van der Waals surface area contributed by atoms with Crippen LogP contribution in [0.1, 0.15) is 53.9 Å². The summed E-state index contributed by atoms with van der Waals surface area (Å²) in [6, 6.07) is 19.5. The zero-order valence-electron chi connectivity index (χ0n) is 39.8. The van der Waals surface area contributed by atoms with Crippen molar-refractivity contribution >= 4 is 16.3 Å². The normalized spacial score (nSPS) is 13.1. The van der Waals surface area contributed by atoms with Crippen molar-refractivity contribution in [3.8, 4) is 45.6 Å². The first-order valence-corrected chi connectivity index (χ1v) is 24.6. The molecule has 0 amide bonds. The van der Waals surface area contributed by atoms with Crippen LogP contribution in [-0.2, 0) is 4.18 Å². The van der Waals surface area contributed by atoms with Crippen molar-refractivity contribution in [1.29, 1.82) is 0 Å². The van der Waals surface area contributed by atoms with Crippen LogP contribution in [0.15, 0.2) is 106 Å². The van der Waals surface area contributed by atoms with E-state index in [1.54, 1.807) is 12.1 Å². The molecule has 0 bridgehead atoms. The van der Waals surface area contributed by atoms with Gasteiger partial charge < -0.3 is 18.4 Å². The van der Waals surface area contributed by atoms with E-state index >= 15 is 57.5 Å². The van der Waals surface area contributed by atoms with Gasteiger partial charge in [-0.1, -0.05) is 67.8 Å². The summed E-state index contributed by atoms with van der Waals surface area (Å²) in [5.41, 5.74) is -6.33. The Hall–Kier alpha value is -8.42. The zero-order valence-corrected chi connectivity index (χ0v) is 40.6. The summed E-state index contributed by atoms with van der Waals surface area (Å²) >= 11 is 0. The van der Waals surface area contributed by atoms with Crippen molar-refractivity contribution in [2.45, 2.75) is 52.7 Å². The molecule has 0 heterocycles. The van der Waals surface area contributed by atoms with Crippen molar-refractivity contribution < 1.29 is 111 Å². The molecule has 8 aromatic carbocycles. The van der Waals surface area contributed by atoms with Crippen molar-refractivity contribution in [2.24, 2.45) is 0 Å². The number of halogens is 20. The Morgan fingerprint density at radius 3 is 1.07 bits per heavy atom. The molecule has 0 saturated heterocycles. The van der Waals surface area contributed by atoms with Crippen LogP contribution in [0.3, 0.4) is 0 Å². The van der Waals surface area contributed by atoms with E-state index < -0.39 is 184 Å². The topological polar surface area (TPSA) is 54.0 Å². The average molecular weight is 1180 g/mol. The van der Waals surface area contributed by atoms with Gasteiger partial charge in [0.2, 0.25) is 116 Å². The van der Waals surface area contributed by atoms with Gasteiger partial charge >= 0.3 is 5.97 Å². The summed E-state index contributed by atoms with van der Waals surface area (Å²) in [5.74, 6) is -79.3. The lowest BCUT2D eigenvalue weighted by molar-refractivity contribution is 0.0757. The molecule has 0 atom stereocenters. The molecule has 1 aliphatic rings. The van der Waals surface area contributed by atoms with E-state index in [1.807, 2.05) is 0 Å². The largest absolute Gasteiger partial charge is 0.447 e. The Bertz CT molecular complexity index is 3690. The molecule has 26 heteroatoms. The third kappa shape index (κ3) is 9.74. The van der Waals surface area contributed by atoms with Gasteiger partial charge in [-0.15, -0.1) is 0 Å². The van der Waals surface area contributed by atoms with Crippen LogP contribution in [-0.4, -0.2) is 5.97 Å². The fourth-order valence-corrected chi connectivity index (χ4v) is 11.8. The molecule has 5 nitrogen and oxygen atoms in total. The monoisotopic (exact) mass is 1180 g/mol. The van der Waals surface area contributed by atoms with E-state index in [0.717, 1.165) is 37.7 Å². The average Bonchev–Trinajstić information content (AvgIpc) is 3.52. The third-order valence-electron chi connectivity index (χ3n) is 12.6. The van der Waals surface area contributed by atoms with Gasteiger partial charge in [0.15, 0.2) is 34.8 Å². The Morgan fingerprint density at radius 1 is 0.346 bits per heavy atom. The molecule has 8 aromatic rings. The molecule has 0 radical (unpaired) electrons. The minimum Gasteiger partial charge on any atom is -0.447 e. The molecule has 0 N–H and O–H groups in total. The van der Waals surface area contributed by atoms with E-state index in [2.05, 4.69) is 0 Å². The van der Waals surface area contributed by atoms with Gasteiger partial charge in [-0.05, 0) is 71.0 Å². The Morgan fingerprint density at radius 2 is 0.679 bits per heavy atom. The highest BCUT2D eigenvalue weighted by molar-refractivity contribution is 8.30. The Kier molecular flexibility index (Phi) is 15.7. The quantitative estimate of drug-likeness (QED) is 0.0654. The lowest BCUT2D eigenvalue weighted by Gasteiger charge is -2.40. The van der Waals surface area contributed by atoms with Crippen molar-refractivity contribution in [1.82, 2.24) is 0 Å². The summed E-state index contributed by atoms with van der Waals surface area (Å²) in [6.07, 6.45) is 4.09. The zero-order chi connectivity index (χ0) is 58.7. The first-order chi connectivity index (χ1) is 38.4. The lowest BCUT2D eigenvalue weighted by Crippen LogP contribution is -2.17. The lowest BCUT2D eigenvalue weighted by atomic mass is 9.84.